The molecule has 24 heavy (non-hydrogen) atoms. The van der Waals surface area contributed by atoms with Crippen LogP contribution >= 0.6 is 0 Å². The SMILES string of the molecule is O=C(NC[C@H]1C[C@]12CCCc1ccccc12)C1CCC(F)(F)CC1. The van der Waals surface area contributed by atoms with Crippen molar-refractivity contribution in [1.82, 2.24) is 5.32 Å². The van der Waals surface area contributed by atoms with Crippen LogP contribution in [0.3, 0.4) is 0 Å². The van der Waals surface area contributed by atoms with Crippen molar-refractivity contribution in [3.8, 4) is 0 Å². The van der Waals surface area contributed by atoms with Crippen molar-refractivity contribution in [3.05, 3.63) is 35.4 Å². The molecule has 4 heteroatoms. The van der Waals surface area contributed by atoms with E-state index in [-0.39, 0.29) is 30.1 Å². The van der Waals surface area contributed by atoms with Crippen LogP contribution in [0.2, 0.25) is 0 Å². The highest BCUT2D eigenvalue weighted by Gasteiger charge is 2.56. The molecule has 0 saturated heterocycles. The van der Waals surface area contributed by atoms with Crippen molar-refractivity contribution < 1.29 is 13.6 Å². The highest BCUT2D eigenvalue weighted by atomic mass is 19.3. The molecule has 4 rings (SSSR count). The fourth-order valence-electron chi connectivity index (χ4n) is 4.91. The molecule has 1 aromatic rings. The van der Waals surface area contributed by atoms with Crippen LogP contribution < -0.4 is 5.32 Å². The lowest BCUT2D eigenvalue weighted by Gasteiger charge is -2.28. The summed E-state index contributed by atoms with van der Waals surface area (Å²) in [6.07, 6.45) is 5.08. The second-order valence-corrected chi connectivity index (χ2v) is 7.94. The van der Waals surface area contributed by atoms with E-state index in [0.29, 0.717) is 25.3 Å². The average Bonchev–Trinajstić information content (AvgIpc) is 3.26. The van der Waals surface area contributed by atoms with Gasteiger partial charge in [-0.1, -0.05) is 24.3 Å². The maximum absolute atomic E-state index is 13.2. The van der Waals surface area contributed by atoms with Gasteiger partial charge >= 0.3 is 0 Å². The lowest BCUT2D eigenvalue weighted by atomic mass is 9.78. The summed E-state index contributed by atoms with van der Waals surface area (Å²) in [6.45, 7) is 0.695. The van der Waals surface area contributed by atoms with Crippen LogP contribution in [0, 0.1) is 11.8 Å². The van der Waals surface area contributed by atoms with E-state index in [1.807, 2.05) is 0 Å². The summed E-state index contributed by atoms with van der Waals surface area (Å²) in [5.41, 5.74) is 3.21. The normalized spacial score (nSPS) is 31.5. The molecule has 0 bridgehead atoms. The van der Waals surface area contributed by atoms with E-state index >= 15 is 0 Å². The predicted octanol–water partition coefficient (Wildman–Crippen LogP) is 4.22. The van der Waals surface area contributed by atoms with E-state index in [1.165, 1.54) is 24.0 Å². The second-order valence-electron chi connectivity index (χ2n) is 7.94. The molecule has 0 aliphatic heterocycles. The number of aryl methyl sites for hydroxylation is 1. The summed E-state index contributed by atoms with van der Waals surface area (Å²) in [4.78, 5) is 12.3. The molecule has 2 saturated carbocycles. The molecule has 0 heterocycles. The molecular formula is C20H25F2NO. The zero-order valence-corrected chi connectivity index (χ0v) is 14.0. The Balaban J connectivity index is 1.33. The number of hydrogen-bond donors (Lipinski definition) is 1. The van der Waals surface area contributed by atoms with E-state index in [0.717, 1.165) is 12.8 Å². The molecule has 130 valence electrons. The number of fused-ring (bicyclic) bond motifs is 2. The summed E-state index contributed by atoms with van der Waals surface area (Å²) in [6, 6.07) is 8.70. The minimum atomic E-state index is -2.57. The molecule has 0 aromatic heterocycles. The van der Waals surface area contributed by atoms with Crippen LogP contribution in [0.4, 0.5) is 8.78 Å². The quantitative estimate of drug-likeness (QED) is 0.881. The molecule has 0 unspecified atom stereocenters. The zero-order valence-electron chi connectivity index (χ0n) is 14.0. The first-order valence-corrected chi connectivity index (χ1v) is 9.24. The van der Waals surface area contributed by atoms with Gasteiger partial charge in [0.05, 0.1) is 0 Å². The summed E-state index contributed by atoms with van der Waals surface area (Å²) in [7, 11) is 0. The Kier molecular flexibility index (Phi) is 3.89. The average molecular weight is 333 g/mol. The van der Waals surface area contributed by atoms with Crippen molar-refractivity contribution in [2.24, 2.45) is 11.8 Å². The molecule has 3 aliphatic rings. The Hall–Kier alpha value is -1.45. The van der Waals surface area contributed by atoms with Gasteiger partial charge < -0.3 is 5.32 Å². The Morgan fingerprint density at radius 3 is 2.71 bits per heavy atom. The lowest BCUT2D eigenvalue weighted by molar-refractivity contribution is -0.129. The van der Waals surface area contributed by atoms with E-state index in [1.54, 1.807) is 0 Å². The number of nitrogens with one attached hydrogen (secondary N) is 1. The topological polar surface area (TPSA) is 29.1 Å². The molecule has 1 amide bonds. The maximum atomic E-state index is 13.2. The minimum absolute atomic E-state index is 0.0170. The van der Waals surface area contributed by atoms with E-state index in [2.05, 4.69) is 29.6 Å². The monoisotopic (exact) mass is 333 g/mol. The molecule has 1 N–H and O–H groups in total. The number of alkyl halides is 2. The van der Waals surface area contributed by atoms with Crippen LogP contribution in [0.15, 0.2) is 24.3 Å². The molecule has 2 atom stereocenters. The van der Waals surface area contributed by atoms with Crippen molar-refractivity contribution in [1.29, 1.82) is 0 Å². The number of benzene rings is 1. The Morgan fingerprint density at radius 2 is 1.92 bits per heavy atom. The largest absolute Gasteiger partial charge is 0.356 e. The summed E-state index contributed by atoms with van der Waals surface area (Å²) >= 11 is 0. The summed E-state index contributed by atoms with van der Waals surface area (Å²) < 4.78 is 26.4. The van der Waals surface area contributed by atoms with Crippen LogP contribution in [0.25, 0.3) is 0 Å². The van der Waals surface area contributed by atoms with Gasteiger partial charge in [-0.2, -0.15) is 0 Å². The van der Waals surface area contributed by atoms with Crippen molar-refractivity contribution in [2.75, 3.05) is 6.54 Å². The number of rotatable bonds is 3. The van der Waals surface area contributed by atoms with Gasteiger partial charge in [-0.15, -0.1) is 0 Å². The first-order chi connectivity index (χ1) is 11.5. The fraction of sp³-hybridized carbons (Fsp3) is 0.650. The third-order valence-corrected chi connectivity index (χ3v) is 6.47. The van der Waals surface area contributed by atoms with Crippen LogP contribution in [-0.2, 0) is 16.6 Å². The van der Waals surface area contributed by atoms with Gasteiger partial charge in [0, 0.05) is 30.7 Å². The molecule has 1 aromatic carbocycles. The van der Waals surface area contributed by atoms with Gasteiger partial charge in [-0.25, -0.2) is 8.78 Å². The number of amides is 1. The van der Waals surface area contributed by atoms with Gasteiger partial charge in [0.25, 0.3) is 0 Å². The highest BCUT2D eigenvalue weighted by Crippen LogP contribution is 2.59. The number of halogens is 2. The Labute approximate surface area is 142 Å². The number of carbonyl (C=O) groups is 1. The summed E-state index contributed by atoms with van der Waals surface area (Å²) in [5.74, 6) is -2.30. The van der Waals surface area contributed by atoms with Gasteiger partial charge in [0.1, 0.15) is 0 Å². The van der Waals surface area contributed by atoms with Gasteiger partial charge in [-0.05, 0) is 55.6 Å². The smallest absolute Gasteiger partial charge is 0.248 e. The fourth-order valence-corrected chi connectivity index (χ4v) is 4.91. The molecular weight excluding hydrogens is 308 g/mol. The van der Waals surface area contributed by atoms with Crippen molar-refractivity contribution in [3.63, 3.8) is 0 Å². The lowest BCUT2D eigenvalue weighted by Crippen LogP contribution is -2.37. The third-order valence-electron chi connectivity index (χ3n) is 6.47. The predicted molar refractivity (Wildman–Crippen MR) is 89.1 cm³/mol. The molecule has 3 aliphatic carbocycles. The molecule has 2 fully saturated rings. The van der Waals surface area contributed by atoms with Gasteiger partial charge in [0.15, 0.2) is 0 Å². The molecule has 0 radical (unpaired) electrons. The van der Waals surface area contributed by atoms with Crippen LogP contribution in [0.5, 0.6) is 0 Å². The third kappa shape index (κ3) is 2.84. The Bertz CT molecular complexity index is 634. The second kappa shape index (κ2) is 5.82. The van der Waals surface area contributed by atoms with E-state index in [9.17, 15) is 13.6 Å². The maximum Gasteiger partial charge on any atom is 0.248 e. The number of carbonyl (C=O) groups excluding carboxylic acids is 1. The molecule has 1 spiro atoms. The van der Waals surface area contributed by atoms with Gasteiger partial charge in [-0.3, -0.25) is 4.79 Å². The summed E-state index contributed by atoms with van der Waals surface area (Å²) in [5, 5.41) is 3.06. The molecule has 2 nitrogen and oxygen atoms in total. The van der Waals surface area contributed by atoms with E-state index < -0.39 is 5.92 Å². The Morgan fingerprint density at radius 1 is 1.17 bits per heavy atom. The first-order valence-electron chi connectivity index (χ1n) is 9.24. The number of hydrogen-bond acceptors (Lipinski definition) is 1. The first kappa shape index (κ1) is 16.0. The zero-order chi connectivity index (χ0) is 16.8. The highest BCUT2D eigenvalue weighted by molar-refractivity contribution is 5.78. The standard InChI is InChI=1S/C20H25F2NO/c21-20(22)10-7-15(8-11-20)18(24)23-13-16-12-19(16)9-3-5-14-4-1-2-6-17(14)19/h1-2,4,6,15-16H,3,5,7-13H2,(H,23,24)/t16-,19-/m1/s1. The van der Waals surface area contributed by atoms with Crippen LogP contribution in [-0.4, -0.2) is 18.4 Å². The van der Waals surface area contributed by atoms with Crippen molar-refractivity contribution in [2.45, 2.75) is 62.7 Å². The van der Waals surface area contributed by atoms with E-state index in [4.69, 9.17) is 0 Å². The van der Waals surface area contributed by atoms with Crippen molar-refractivity contribution >= 4 is 5.91 Å². The van der Waals surface area contributed by atoms with Gasteiger partial charge in [0.2, 0.25) is 11.8 Å². The van der Waals surface area contributed by atoms with Crippen LogP contribution in [0.1, 0.15) is 56.1 Å². The minimum Gasteiger partial charge on any atom is -0.356 e.